The molecule has 0 atom stereocenters. The molecule has 0 saturated carbocycles. The van der Waals surface area contributed by atoms with Gasteiger partial charge in [-0.3, -0.25) is 4.79 Å². The summed E-state index contributed by atoms with van der Waals surface area (Å²) in [6.45, 7) is 3.25. The Morgan fingerprint density at radius 1 is 1.25 bits per heavy atom. The third kappa shape index (κ3) is 6.17. The zero-order valence-electron chi connectivity index (χ0n) is 14.2. The minimum absolute atomic E-state index is 0.111. The van der Waals surface area contributed by atoms with Crippen LogP contribution in [0.3, 0.4) is 0 Å². The molecule has 3 N–H and O–H groups in total. The maximum atomic E-state index is 11.1. The molecule has 0 aliphatic carbocycles. The SMILES string of the molecule is CC(=O)Nc1cccc(Nc2cnnc(NCCCN(C)C)n2)c1. The van der Waals surface area contributed by atoms with Crippen molar-refractivity contribution >= 4 is 29.0 Å². The summed E-state index contributed by atoms with van der Waals surface area (Å²) in [6, 6.07) is 7.39. The highest BCUT2D eigenvalue weighted by Gasteiger charge is 2.03. The van der Waals surface area contributed by atoms with Gasteiger partial charge in [0, 0.05) is 24.8 Å². The molecule has 0 fully saturated rings. The first kappa shape index (κ1) is 17.6. The molecule has 0 unspecified atom stereocenters. The Morgan fingerprint density at radius 2 is 2.04 bits per heavy atom. The quantitative estimate of drug-likeness (QED) is 0.637. The topological polar surface area (TPSA) is 95.1 Å². The third-order valence-electron chi connectivity index (χ3n) is 3.08. The molecule has 8 heteroatoms. The van der Waals surface area contributed by atoms with Gasteiger partial charge >= 0.3 is 0 Å². The zero-order chi connectivity index (χ0) is 17.4. The molecule has 128 valence electrons. The van der Waals surface area contributed by atoms with Gasteiger partial charge in [-0.1, -0.05) is 6.07 Å². The van der Waals surface area contributed by atoms with Gasteiger partial charge < -0.3 is 20.9 Å². The summed E-state index contributed by atoms with van der Waals surface area (Å²) in [7, 11) is 4.08. The lowest BCUT2D eigenvalue weighted by Gasteiger charge is -2.10. The summed E-state index contributed by atoms with van der Waals surface area (Å²) < 4.78 is 0. The summed E-state index contributed by atoms with van der Waals surface area (Å²) in [5.74, 6) is 0.955. The zero-order valence-corrected chi connectivity index (χ0v) is 14.2. The lowest BCUT2D eigenvalue weighted by molar-refractivity contribution is -0.114. The van der Waals surface area contributed by atoms with Gasteiger partial charge in [-0.25, -0.2) is 0 Å². The van der Waals surface area contributed by atoms with Crippen LogP contribution in [0.15, 0.2) is 30.5 Å². The molecule has 2 aromatic rings. The Hall–Kier alpha value is -2.74. The fourth-order valence-electron chi connectivity index (χ4n) is 2.06. The number of carbonyl (C=O) groups excluding carboxylic acids is 1. The Bertz CT molecular complexity index is 675. The number of benzene rings is 1. The molecule has 1 aromatic carbocycles. The fourth-order valence-corrected chi connectivity index (χ4v) is 2.06. The van der Waals surface area contributed by atoms with E-state index >= 15 is 0 Å². The molecule has 8 nitrogen and oxygen atoms in total. The van der Waals surface area contributed by atoms with E-state index in [9.17, 15) is 4.79 Å². The molecule has 1 heterocycles. The molecule has 0 aliphatic rings. The Labute approximate surface area is 141 Å². The Morgan fingerprint density at radius 3 is 2.79 bits per heavy atom. The van der Waals surface area contributed by atoms with Crippen LogP contribution in [0.2, 0.25) is 0 Å². The van der Waals surface area contributed by atoms with Gasteiger partial charge in [-0.15, -0.1) is 5.10 Å². The normalized spacial score (nSPS) is 10.5. The first-order valence-electron chi connectivity index (χ1n) is 7.76. The second-order valence-corrected chi connectivity index (χ2v) is 5.64. The van der Waals surface area contributed by atoms with Gasteiger partial charge in [-0.2, -0.15) is 10.1 Å². The summed E-state index contributed by atoms with van der Waals surface area (Å²) in [5, 5.41) is 17.0. The molecular formula is C16H23N7O. The molecule has 1 amide bonds. The highest BCUT2D eigenvalue weighted by Crippen LogP contribution is 2.18. The van der Waals surface area contributed by atoms with Crippen molar-refractivity contribution in [2.24, 2.45) is 0 Å². The van der Waals surface area contributed by atoms with Crippen molar-refractivity contribution in [2.45, 2.75) is 13.3 Å². The van der Waals surface area contributed by atoms with Crippen LogP contribution in [-0.4, -0.2) is 53.2 Å². The van der Waals surface area contributed by atoms with Crippen LogP contribution in [0.25, 0.3) is 0 Å². The molecule has 0 radical (unpaired) electrons. The van der Waals surface area contributed by atoms with Gasteiger partial charge in [-0.05, 0) is 45.3 Å². The summed E-state index contributed by atoms with van der Waals surface area (Å²) >= 11 is 0. The van der Waals surface area contributed by atoms with E-state index in [1.54, 1.807) is 6.20 Å². The van der Waals surface area contributed by atoms with Crippen LogP contribution < -0.4 is 16.0 Å². The van der Waals surface area contributed by atoms with Crippen LogP contribution >= 0.6 is 0 Å². The Kier molecular flexibility index (Phi) is 6.44. The highest BCUT2D eigenvalue weighted by molar-refractivity contribution is 5.89. The minimum atomic E-state index is -0.111. The largest absolute Gasteiger partial charge is 0.353 e. The average molecular weight is 329 g/mol. The van der Waals surface area contributed by atoms with Gasteiger partial charge in [0.15, 0.2) is 5.82 Å². The Balaban J connectivity index is 1.95. The predicted molar refractivity (Wildman–Crippen MR) is 95.5 cm³/mol. The lowest BCUT2D eigenvalue weighted by Crippen LogP contribution is -2.17. The summed E-state index contributed by atoms with van der Waals surface area (Å²) in [4.78, 5) is 17.6. The molecule has 1 aromatic heterocycles. The van der Waals surface area contributed by atoms with E-state index in [4.69, 9.17) is 0 Å². The third-order valence-corrected chi connectivity index (χ3v) is 3.08. The van der Waals surface area contributed by atoms with E-state index in [1.165, 1.54) is 6.92 Å². The maximum Gasteiger partial charge on any atom is 0.244 e. The monoisotopic (exact) mass is 329 g/mol. The molecule has 0 saturated heterocycles. The lowest BCUT2D eigenvalue weighted by atomic mass is 10.2. The van der Waals surface area contributed by atoms with E-state index in [1.807, 2.05) is 38.4 Å². The van der Waals surface area contributed by atoms with Gasteiger partial charge in [0.1, 0.15) is 0 Å². The number of hydrogen-bond donors (Lipinski definition) is 3. The summed E-state index contributed by atoms with van der Waals surface area (Å²) in [5.41, 5.74) is 1.52. The van der Waals surface area contributed by atoms with Crippen molar-refractivity contribution in [3.8, 4) is 0 Å². The number of nitrogens with zero attached hydrogens (tertiary/aromatic N) is 4. The van der Waals surface area contributed by atoms with Crippen LogP contribution in [0.1, 0.15) is 13.3 Å². The molecular weight excluding hydrogens is 306 g/mol. The van der Waals surface area contributed by atoms with E-state index in [0.717, 1.165) is 30.9 Å². The predicted octanol–water partition coefficient (Wildman–Crippen LogP) is 1.94. The second kappa shape index (κ2) is 8.78. The van der Waals surface area contributed by atoms with Crippen LogP contribution in [0, 0.1) is 0 Å². The average Bonchev–Trinajstić information content (AvgIpc) is 2.51. The highest BCUT2D eigenvalue weighted by atomic mass is 16.1. The van der Waals surface area contributed by atoms with Crippen molar-refractivity contribution in [3.05, 3.63) is 30.5 Å². The van der Waals surface area contributed by atoms with Crippen molar-refractivity contribution < 1.29 is 4.79 Å². The van der Waals surface area contributed by atoms with Crippen LogP contribution in [0.5, 0.6) is 0 Å². The maximum absolute atomic E-state index is 11.1. The number of hydrogen-bond acceptors (Lipinski definition) is 7. The molecule has 2 rings (SSSR count). The number of nitrogens with one attached hydrogen (secondary N) is 3. The first-order valence-corrected chi connectivity index (χ1v) is 7.76. The molecule has 0 bridgehead atoms. The molecule has 0 aliphatic heterocycles. The standard InChI is InChI=1S/C16H23N7O/c1-12(24)19-13-6-4-7-14(10-13)20-15-11-18-22-16(21-15)17-8-5-9-23(2)3/h4,6-7,10-11H,5,8-9H2,1-3H3,(H,19,24)(H2,17,20,21,22). The van der Waals surface area contributed by atoms with Gasteiger partial charge in [0.2, 0.25) is 11.9 Å². The van der Waals surface area contributed by atoms with Gasteiger partial charge in [0.25, 0.3) is 0 Å². The van der Waals surface area contributed by atoms with Crippen molar-refractivity contribution in [2.75, 3.05) is 43.1 Å². The number of anilines is 4. The number of amides is 1. The van der Waals surface area contributed by atoms with E-state index in [-0.39, 0.29) is 5.91 Å². The second-order valence-electron chi connectivity index (χ2n) is 5.64. The molecule has 0 spiro atoms. The van der Waals surface area contributed by atoms with E-state index in [0.29, 0.717) is 11.8 Å². The van der Waals surface area contributed by atoms with Crippen molar-refractivity contribution in [1.82, 2.24) is 20.1 Å². The van der Waals surface area contributed by atoms with E-state index in [2.05, 4.69) is 36.0 Å². The van der Waals surface area contributed by atoms with Gasteiger partial charge in [0.05, 0.1) is 6.20 Å². The minimum Gasteiger partial charge on any atom is -0.353 e. The number of aromatic nitrogens is 3. The van der Waals surface area contributed by atoms with Crippen LogP contribution in [0.4, 0.5) is 23.1 Å². The number of rotatable bonds is 8. The van der Waals surface area contributed by atoms with Crippen LogP contribution in [-0.2, 0) is 4.79 Å². The fraction of sp³-hybridized carbons (Fsp3) is 0.375. The first-order chi connectivity index (χ1) is 11.5. The van der Waals surface area contributed by atoms with E-state index < -0.39 is 0 Å². The number of carbonyl (C=O) groups is 1. The molecule has 24 heavy (non-hydrogen) atoms. The smallest absolute Gasteiger partial charge is 0.244 e. The van der Waals surface area contributed by atoms with Crippen molar-refractivity contribution in [1.29, 1.82) is 0 Å². The summed E-state index contributed by atoms with van der Waals surface area (Å²) in [6.07, 6.45) is 2.54. The van der Waals surface area contributed by atoms with Crippen molar-refractivity contribution in [3.63, 3.8) is 0 Å².